The Morgan fingerprint density at radius 2 is 2.35 bits per heavy atom. The highest BCUT2D eigenvalue weighted by molar-refractivity contribution is 7.91. The first-order valence-electron chi connectivity index (χ1n) is 4.71. The van der Waals surface area contributed by atoms with E-state index in [4.69, 9.17) is 11.5 Å². The maximum atomic E-state index is 11.8. The molecule has 1 aromatic heterocycles. The van der Waals surface area contributed by atoms with Crippen LogP contribution < -0.4 is 4.72 Å². The maximum absolute atomic E-state index is 11.8. The predicted molar refractivity (Wildman–Crippen MR) is 64.5 cm³/mol. The van der Waals surface area contributed by atoms with Crippen LogP contribution in [-0.2, 0) is 10.0 Å². The predicted octanol–water partition coefficient (Wildman–Crippen LogP) is 1.14. The van der Waals surface area contributed by atoms with Gasteiger partial charge in [0.15, 0.2) is 0 Å². The Labute approximate surface area is 104 Å². The van der Waals surface area contributed by atoms with Gasteiger partial charge in [-0.3, -0.25) is 0 Å². The van der Waals surface area contributed by atoms with E-state index in [1.807, 2.05) is 0 Å². The van der Waals surface area contributed by atoms with Crippen molar-refractivity contribution in [3.8, 4) is 12.3 Å². The molecule has 0 saturated heterocycles. The van der Waals surface area contributed by atoms with E-state index in [2.05, 4.69) is 10.6 Å². The molecule has 5 nitrogen and oxygen atoms in total. The van der Waals surface area contributed by atoms with E-state index in [1.165, 1.54) is 5.38 Å². The quantitative estimate of drug-likeness (QED) is 0.788. The Hall–Kier alpha value is -1.36. The van der Waals surface area contributed by atoms with E-state index in [9.17, 15) is 13.2 Å². The lowest BCUT2D eigenvalue weighted by Gasteiger charge is -2.09. The molecule has 0 aliphatic heterocycles. The monoisotopic (exact) mass is 273 g/mol. The fourth-order valence-electron chi connectivity index (χ4n) is 1.05. The number of thiophene rings is 1. The lowest BCUT2D eigenvalue weighted by molar-refractivity contribution is 0.0697. The van der Waals surface area contributed by atoms with E-state index in [0.29, 0.717) is 6.42 Å². The molecule has 0 fully saturated rings. The molecule has 1 heterocycles. The van der Waals surface area contributed by atoms with Crippen molar-refractivity contribution in [2.75, 3.05) is 0 Å². The zero-order valence-corrected chi connectivity index (χ0v) is 10.6. The maximum Gasteiger partial charge on any atom is 0.336 e. The number of carbonyl (C=O) groups is 1. The Bertz CT molecular complexity index is 553. The molecule has 1 unspecified atom stereocenters. The summed E-state index contributed by atoms with van der Waals surface area (Å²) in [6, 6.07) is 0.522. The standard InChI is InChI=1S/C10H11NO4S2/c1-3-8(4-2)11-17(14,15)9-5-7(6-16-9)10(12)13/h1,5-6,8,11H,4H2,2H3,(H,12,13). The fourth-order valence-corrected chi connectivity index (χ4v) is 3.46. The number of hydrogen-bond donors (Lipinski definition) is 2. The molecular weight excluding hydrogens is 262 g/mol. The lowest BCUT2D eigenvalue weighted by Crippen LogP contribution is -2.32. The van der Waals surface area contributed by atoms with Crippen LogP contribution in [-0.4, -0.2) is 25.5 Å². The average molecular weight is 273 g/mol. The summed E-state index contributed by atoms with van der Waals surface area (Å²) in [5.41, 5.74) is -0.0517. The van der Waals surface area contributed by atoms with E-state index >= 15 is 0 Å². The number of nitrogens with one attached hydrogen (secondary N) is 1. The van der Waals surface area contributed by atoms with Crippen LogP contribution in [0.15, 0.2) is 15.7 Å². The van der Waals surface area contributed by atoms with Crippen molar-refractivity contribution in [3.63, 3.8) is 0 Å². The molecule has 92 valence electrons. The van der Waals surface area contributed by atoms with Crippen LogP contribution in [0.4, 0.5) is 0 Å². The van der Waals surface area contributed by atoms with Crippen molar-refractivity contribution in [1.82, 2.24) is 4.72 Å². The van der Waals surface area contributed by atoms with Gasteiger partial charge in [-0.05, 0) is 12.5 Å². The van der Waals surface area contributed by atoms with Crippen molar-refractivity contribution in [3.05, 3.63) is 17.0 Å². The fraction of sp³-hybridized carbons (Fsp3) is 0.300. The van der Waals surface area contributed by atoms with Crippen molar-refractivity contribution in [2.24, 2.45) is 0 Å². The van der Waals surface area contributed by atoms with Crippen molar-refractivity contribution >= 4 is 27.3 Å². The zero-order chi connectivity index (χ0) is 13.1. The van der Waals surface area contributed by atoms with Gasteiger partial charge in [-0.25, -0.2) is 13.2 Å². The third-order valence-corrected chi connectivity index (χ3v) is 4.91. The van der Waals surface area contributed by atoms with Gasteiger partial charge < -0.3 is 5.11 Å². The second-order valence-electron chi connectivity index (χ2n) is 3.21. The van der Waals surface area contributed by atoms with Crippen LogP contribution in [0.1, 0.15) is 23.7 Å². The minimum atomic E-state index is -3.73. The molecule has 1 rings (SSSR count). The summed E-state index contributed by atoms with van der Waals surface area (Å²) < 4.78 is 25.9. The number of terminal acetylenes is 1. The van der Waals surface area contributed by atoms with Gasteiger partial charge in [0, 0.05) is 5.38 Å². The summed E-state index contributed by atoms with van der Waals surface area (Å²) >= 11 is 0.848. The van der Waals surface area contributed by atoms with E-state index in [0.717, 1.165) is 17.4 Å². The molecule has 1 aromatic rings. The van der Waals surface area contributed by atoms with Crippen LogP contribution in [0.3, 0.4) is 0 Å². The third kappa shape index (κ3) is 3.30. The van der Waals surface area contributed by atoms with Crippen LogP contribution in [0.5, 0.6) is 0 Å². The van der Waals surface area contributed by atoms with Gasteiger partial charge in [-0.2, -0.15) is 4.72 Å². The van der Waals surface area contributed by atoms with Crippen LogP contribution in [0.25, 0.3) is 0 Å². The highest BCUT2D eigenvalue weighted by Gasteiger charge is 2.21. The first-order chi connectivity index (χ1) is 7.90. The Kier molecular flexibility index (Phi) is 4.28. The van der Waals surface area contributed by atoms with Gasteiger partial charge in [-0.15, -0.1) is 17.8 Å². The van der Waals surface area contributed by atoms with E-state index in [1.54, 1.807) is 6.92 Å². The summed E-state index contributed by atoms with van der Waals surface area (Å²) in [5.74, 6) is 1.14. The summed E-state index contributed by atoms with van der Waals surface area (Å²) in [4.78, 5) is 10.6. The van der Waals surface area contributed by atoms with Gasteiger partial charge in [-0.1, -0.05) is 12.8 Å². The molecule has 17 heavy (non-hydrogen) atoms. The molecule has 1 atom stereocenters. The summed E-state index contributed by atoms with van der Waals surface area (Å²) in [5, 5.41) is 9.97. The van der Waals surface area contributed by atoms with Crippen molar-refractivity contribution in [2.45, 2.75) is 23.6 Å². The Balaban J connectivity index is 2.98. The molecule has 0 aliphatic carbocycles. The van der Waals surface area contributed by atoms with Crippen molar-refractivity contribution < 1.29 is 18.3 Å². The molecule has 0 aromatic carbocycles. The second kappa shape index (κ2) is 5.31. The highest BCUT2D eigenvalue weighted by Crippen LogP contribution is 2.20. The van der Waals surface area contributed by atoms with Crippen molar-refractivity contribution in [1.29, 1.82) is 0 Å². The summed E-state index contributed by atoms with van der Waals surface area (Å²) in [6.07, 6.45) is 5.62. The first-order valence-corrected chi connectivity index (χ1v) is 7.07. The SMILES string of the molecule is C#CC(CC)NS(=O)(=O)c1cc(C(=O)O)cs1. The zero-order valence-electron chi connectivity index (χ0n) is 9.00. The topological polar surface area (TPSA) is 83.5 Å². The van der Waals surface area contributed by atoms with Gasteiger partial charge in [0.2, 0.25) is 0 Å². The molecule has 0 bridgehead atoms. The smallest absolute Gasteiger partial charge is 0.336 e. The summed E-state index contributed by atoms with van der Waals surface area (Å²) in [6.45, 7) is 1.75. The van der Waals surface area contributed by atoms with Gasteiger partial charge in [0.05, 0.1) is 11.6 Å². The molecule has 0 aliphatic rings. The third-order valence-electron chi connectivity index (χ3n) is 1.99. The first kappa shape index (κ1) is 13.7. The molecule has 0 saturated carbocycles. The van der Waals surface area contributed by atoms with E-state index < -0.39 is 22.0 Å². The van der Waals surface area contributed by atoms with Gasteiger partial charge in [0.25, 0.3) is 10.0 Å². The van der Waals surface area contributed by atoms with Gasteiger partial charge >= 0.3 is 5.97 Å². The number of sulfonamides is 1. The number of hydrogen-bond acceptors (Lipinski definition) is 4. The molecule has 2 N–H and O–H groups in total. The molecule has 0 radical (unpaired) electrons. The number of rotatable bonds is 5. The van der Waals surface area contributed by atoms with Crippen LogP contribution in [0, 0.1) is 12.3 Å². The lowest BCUT2D eigenvalue weighted by atomic mass is 10.3. The largest absolute Gasteiger partial charge is 0.478 e. The molecule has 0 amide bonds. The molecular formula is C10H11NO4S2. The molecule has 0 spiro atoms. The minimum Gasteiger partial charge on any atom is -0.478 e. The van der Waals surface area contributed by atoms with Crippen LogP contribution in [0.2, 0.25) is 0 Å². The average Bonchev–Trinajstić information content (AvgIpc) is 2.75. The van der Waals surface area contributed by atoms with Gasteiger partial charge in [0.1, 0.15) is 4.21 Å². The number of aromatic carboxylic acids is 1. The normalized spacial score (nSPS) is 12.9. The number of carboxylic acids is 1. The number of carboxylic acid groups (broad SMARTS) is 1. The minimum absolute atomic E-state index is 0.0517. The summed E-state index contributed by atoms with van der Waals surface area (Å²) in [7, 11) is -3.73. The second-order valence-corrected chi connectivity index (χ2v) is 6.06. The Morgan fingerprint density at radius 3 is 2.76 bits per heavy atom. The molecule has 7 heteroatoms. The Morgan fingerprint density at radius 1 is 1.71 bits per heavy atom. The highest BCUT2D eigenvalue weighted by atomic mass is 32.2. The van der Waals surface area contributed by atoms with Crippen LogP contribution >= 0.6 is 11.3 Å². The van der Waals surface area contributed by atoms with E-state index in [-0.39, 0.29) is 9.77 Å².